The van der Waals surface area contributed by atoms with Gasteiger partial charge in [0.1, 0.15) is 11.4 Å². The quantitative estimate of drug-likeness (QED) is 0.863. The highest BCUT2D eigenvalue weighted by atomic mass is 16.6. The van der Waals surface area contributed by atoms with Crippen LogP contribution in [0.3, 0.4) is 0 Å². The first-order chi connectivity index (χ1) is 13.1. The molecule has 1 spiro atoms. The predicted molar refractivity (Wildman–Crippen MR) is 96.6 cm³/mol. The van der Waals surface area contributed by atoms with Crippen LogP contribution in [0, 0.1) is 0 Å². The zero-order valence-corrected chi connectivity index (χ0v) is 15.1. The molecule has 0 radical (unpaired) electrons. The van der Waals surface area contributed by atoms with Gasteiger partial charge in [0.2, 0.25) is 5.91 Å². The van der Waals surface area contributed by atoms with E-state index in [0.717, 1.165) is 12.8 Å². The molecule has 3 heterocycles. The van der Waals surface area contributed by atoms with Crippen molar-refractivity contribution < 1.29 is 23.9 Å². The van der Waals surface area contributed by atoms with E-state index in [1.807, 2.05) is 29.2 Å². The topological polar surface area (TPSA) is 88.2 Å². The van der Waals surface area contributed by atoms with Gasteiger partial charge in [-0.15, -0.1) is 0 Å². The van der Waals surface area contributed by atoms with Gasteiger partial charge >= 0.3 is 6.09 Å². The number of para-hydroxylation sites is 2. The number of likely N-dealkylation sites (tertiary alicyclic amines) is 1. The number of carbonyl (C=O) groups is 3. The maximum Gasteiger partial charge on any atom is 0.407 e. The molecule has 3 aliphatic heterocycles. The van der Waals surface area contributed by atoms with E-state index >= 15 is 0 Å². The molecule has 0 unspecified atom stereocenters. The predicted octanol–water partition coefficient (Wildman–Crippen LogP) is 1.29. The van der Waals surface area contributed by atoms with E-state index in [1.54, 1.807) is 4.90 Å². The van der Waals surface area contributed by atoms with E-state index in [1.165, 1.54) is 0 Å². The van der Waals surface area contributed by atoms with Crippen LogP contribution in [0.1, 0.15) is 25.7 Å². The highest BCUT2D eigenvalue weighted by molar-refractivity contribution is 5.98. The first-order valence-electron chi connectivity index (χ1n) is 9.33. The number of carbonyl (C=O) groups excluding carboxylic acids is 3. The van der Waals surface area contributed by atoms with Crippen molar-refractivity contribution in [1.29, 1.82) is 0 Å². The first kappa shape index (κ1) is 17.6. The van der Waals surface area contributed by atoms with Gasteiger partial charge in [0.05, 0.1) is 12.2 Å². The number of amides is 3. The molecule has 2 fully saturated rings. The third-order valence-corrected chi connectivity index (χ3v) is 5.47. The number of rotatable bonds is 3. The largest absolute Gasteiger partial charge is 0.482 e. The zero-order valence-electron chi connectivity index (χ0n) is 15.1. The molecule has 0 aliphatic carbocycles. The fourth-order valence-electron chi connectivity index (χ4n) is 3.96. The summed E-state index contributed by atoms with van der Waals surface area (Å²) in [4.78, 5) is 39.8. The minimum absolute atomic E-state index is 0.00416. The zero-order chi connectivity index (χ0) is 18.9. The summed E-state index contributed by atoms with van der Waals surface area (Å²) in [6.07, 6.45) is 2.06. The molecule has 0 bridgehead atoms. The summed E-state index contributed by atoms with van der Waals surface area (Å²) < 4.78 is 10.9. The normalized spacial score (nSPS) is 24.7. The van der Waals surface area contributed by atoms with Crippen LogP contribution in [-0.4, -0.2) is 61.2 Å². The molecule has 0 saturated carbocycles. The van der Waals surface area contributed by atoms with Gasteiger partial charge in [-0.3, -0.25) is 9.59 Å². The van der Waals surface area contributed by atoms with E-state index in [0.29, 0.717) is 44.0 Å². The van der Waals surface area contributed by atoms with Crippen LogP contribution in [-0.2, 0) is 14.3 Å². The third kappa shape index (κ3) is 3.56. The molecule has 8 nitrogen and oxygen atoms in total. The number of hydrogen-bond donors (Lipinski definition) is 1. The second-order valence-corrected chi connectivity index (χ2v) is 7.21. The summed E-state index contributed by atoms with van der Waals surface area (Å²) in [6.45, 7) is 2.03. The molecular formula is C19H23N3O5. The lowest BCUT2D eigenvalue weighted by atomic mass is 9.95. The number of fused-ring (bicyclic) bond motifs is 1. The fraction of sp³-hybridized carbons (Fsp3) is 0.526. The van der Waals surface area contributed by atoms with Crippen molar-refractivity contribution in [3.05, 3.63) is 24.3 Å². The molecule has 8 heteroatoms. The van der Waals surface area contributed by atoms with Crippen molar-refractivity contribution in [3.63, 3.8) is 0 Å². The summed E-state index contributed by atoms with van der Waals surface area (Å²) in [5.74, 6) is 0.540. The van der Waals surface area contributed by atoms with Crippen molar-refractivity contribution in [3.8, 4) is 5.75 Å². The average Bonchev–Trinajstić information content (AvgIpc) is 2.91. The van der Waals surface area contributed by atoms with Gasteiger partial charge in [0, 0.05) is 32.5 Å². The molecule has 2 saturated heterocycles. The highest BCUT2D eigenvalue weighted by Crippen LogP contribution is 2.32. The Kier molecular flexibility index (Phi) is 4.63. The minimum Gasteiger partial charge on any atom is -0.482 e. The molecule has 27 heavy (non-hydrogen) atoms. The number of nitrogens with one attached hydrogen (secondary N) is 1. The SMILES string of the molecule is O=C1NC[C@]2(CCCN(C(=O)CCN3C(=O)COc4ccccc43)CC2)O1. The second-order valence-electron chi connectivity index (χ2n) is 7.21. The van der Waals surface area contributed by atoms with E-state index in [4.69, 9.17) is 9.47 Å². The van der Waals surface area contributed by atoms with Crippen LogP contribution in [0.25, 0.3) is 0 Å². The fourth-order valence-corrected chi connectivity index (χ4v) is 3.96. The Balaban J connectivity index is 1.36. The van der Waals surface area contributed by atoms with Crippen molar-refractivity contribution in [1.82, 2.24) is 10.2 Å². The van der Waals surface area contributed by atoms with Crippen molar-refractivity contribution in [2.45, 2.75) is 31.3 Å². The maximum atomic E-state index is 12.7. The molecule has 3 amide bonds. The van der Waals surface area contributed by atoms with E-state index in [9.17, 15) is 14.4 Å². The molecule has 144 valence electrons. The Bertz CT molecular complexity index is 767. The Morgan fingerprint density at radius 1 is 1.19 bits per heavy atom. The summed E-state index contributed by atoms with van der Waals surface area (Å²) >= 11 is 0. The third-order valence-electron chi connectivity index (χ3n) is 5.47. The van der Waals surface area contributed by atoms with E-state index in [-0.39, 0.29) is 30.9 Å². The monoisotopic (exact) mass is 373 g/mol. The minimum atomic E-state index is -0.481. The Labute approximate surface area is 157 Å². The molecule has 4 rings (SSSR count). The van der Waals surface area contributed by atoms with Crippen LogP contribution in [0.2, 0.25) is 0 Å². The lowest BCUT2D eigenvalue weighted by Gasteiger charge is -2.30. The van der Waals surface area contributed by atoms with Crippen LogP contribution in [0.15, 0.2) is 24.3 Å². The number of hydrogen-bond acceptors (Lipinski definition) is 5. The van der Waals surface area contributed by atoms with Crippen molar-refractivity contribution in [2.75, 3.05) is 37.7 Å². The number of benzene rings is 1. The summed E-state index contributed by atoms with van der Waals surface area (Å²) in [5.41, 5.74) is 0.228. The van der Waals surface area contributed by atoms with Crippen LogP contribution < -0.4 is 15.0 Å². The van der Waals surface area contributed by atoms with Gasteiger partial charge in [-0.2, -0.15) is 0 Å². The van der Waals surface area contributed by atoms with Crippen molar-refractivity contribution >= 4 is 23.6 Å². The molecule has 1 aromatic carbocycles. The first-order valence-corrected chi connectivity index (χ1v) is 9.33. The number of nitrogens with zero attached hydrogens (tertiary/aromatic N) is 2. The van der Waals surface area contributed by atoms with E-state index < -0.39 is 5.60 Å². The molecule has 1 N–H and O–H groups in total. The maximum absolute atomic E-state index is 12.7. The van der Waals surface area contributed by atoms with Gasteiger partial charge in [-0.1, -0.05) is 12.1 Å². The highest BCUT2D eigenvalue weighted by Gasteiger charge is 2.41. The lowest BCUT2D eigenvalue weighted by Crippen LogP contribution is -2.42. The molecule has 3 aliphatic rings. The van der Waals surface area contributed by atoms with Gasteiger partial charge in [-0.25, -0.2) is 4.79 Å². The molecule has 0 aromatic heterocycles. The van der Waals surface area contributed by atoms with Gasteiger partial charge < -0.3 is 24.6 Å². The Hall–Kier alpha value is -2.77. The standard InChI is InChI=1S/C19H23N3O5/c23-16(21-9-3-7-19(8-11-21)13-20-18(25)27-19)6-10-22-14-4-1-2-5-15(14)26-12-17(22)24/h1-2,4-5H,3,6-13H2,(H,20,25)/t19-/m1/s1. The number of alkyl carbamates (subject to hydrolysis) is 1. The molecule has 1 atom stereocenters. The van der Waals surface area contributed by atoms with Crippen LogP contribution >= 0.6 is 0 Å². The van der Waals surface area contributed by atoms with Gasteiger partial charge in [0.15, 0.2) is 6.61 Å². The Morgan fingerprint density at radius 2 is 2.04 bits per heavy atom. The van der Waals surface area contributed by atoms with Crippen LogP contribution in [0.5, 0.6) is 5.75 Å². The second kappa shape index (κ2) is 7.09. The molecular weight excluding hydrogens is 350 g/mol. The summed E-state index contributed by atoms with van der Waals surface area (Å²) in [5, 5.41) is 2.71. The smallest absolute Gasteiger partial charge is 0.407 e. The lowest BCUT2D eigenvalue weighted by molar-refractivity contribution is -0.131. The average molecular weight is 373 g/mol. The number of anilines is 1. The summed E-state index contributed by atoms with van der Waals surface area (Å²) in [6, 6.07) is 7.35. The molecule has 1 aromatic rings. The number of ether oxygens (including phenoxy) is 2. The van der Waals surface area contributed by atoms with Crippen LogP contribution in [0.4, 0.5) is 10.5 Å². The Morgan fingerprint density at radius 3 is 2.85 bits per heavy atom. The van der Waals surface area contributed by atoms with Gasteiger partial charge in [-0.05, 0) is 25.0 Å². The van der Waals surface area contributed by atoms with E-state index in [2.05, 4.69) is 5.32 Å². The van der Waals surface area contributed by atoms with Crippen molar-refractivity contribution in [2.24, 2.45) is 0 Å². The summed E-state index contributed by atoms with van der Waals surface area (Å²) in [7, 11) is 0. The van der Waals surface area contributed by atoms with Gasteiger partial charge in [0.25, 0.3) is 5.91 Å².